The Morgan fingerprint density at radius 2 is 1.56 bits per heavy atom. The zero-order valence-corrected chi connectivity index (χ0v) is 19.6. The Kier molecular flexibility index (Phi) is 7.36. The molecule has 2 amide bonds. The fraction of sp³-hybridized carbons (Fsp3) is 0.619. The topological polar surface area (TPSA) is 90.5 Å². The van der Waals surface area contributed by atoms with E-state index in [-0.39, 0.29) is 34.8 Å². The number of amides is 2. The number of carbonyl (C=O) groups is 2. The van der Waals surface area contributed by atoms with Crippen LogP contribution in [0.2, 0.25) is 5.02 Å². The smallest absolute Gasteiger partial charge is 0.253 e. The van der Waals surface area contributed by atoms with Crippen molar-refractivity contribution in [1.29, 1.82) is 0 Å². The summed E-state index contributed by atoms with van der Waals surface area (Å²) >= 11 is 6.21. The Morgan fingerprint density at radius 3 is 2.22 bits per heavy atom. The molecule has 1 aromatic rings. The summed E-state index contributed by atoms with van der Waals surface area (Å²) < 4.78 is 32.6. The van der Waals surface area contributed by atoms with Gasteiger partial charge in [-0.2, -0.15) is 4.31 Å². The fourth-order valence-corrected chi connectivity index (χ4v) is 6.22. The maximum atomic E-state index is 13.1. The van der Waals surface area contributed by atoms with Crippen molar-refractivity contribution in [1.82, 2.24) is 19.0 Å². The van der Waals surface area contributed by atoms with Gasteiger partial charge in [-0.25, -0.2) is 8.42 Å². The Balaban J connectivity index is 1.39. The molecule has 0 aromatic heterocycles. The Bertz CT molecular complexity index is 953. The SMILES string of the molecule is O=C(CN1CCN(C(=O)c2ccc(Cl)c(S(=O)(=O)N3CCOCC3)c2)CC1)N1CCCC1. The van der Waals surface area contributed by atoms with Crippen LogP contribution in [0, 0.1) is 0 Å². The van der Waals surface area contributed by atoms with Crippen molar-refractivity contribution < 1.29 is 22.7 Å². The van der Waals surface area contributed by atoms with Crippen LogP contribution in [0.15, 0.2) is 23.1 Å². The summed E-state index contributed by atoms with van der Waals surface area (Å²) in [4.78, 5) is 31.1. The van der Waals surface area contributed by atoms with Crippen molar-refractivity contribution in [2.45, 2.75) is 17.7 Å². The maximum Gasteiger partial charge on any atom is 0.253 e. The van der Waals surface area contributed by atoms with Crippen LogP contribution in [0.4, 0.5) is 0 Å². The molecule has 32 heavy (non-hydrogen) atoms. The Morgan fingerprint density at radius 1 is 0.906 bits per heavy atom. The molecule has 3 fully saturated rings. The number of hydrogen-bond donors (Lipinski definition) is 0. The zero-order valence-electron chi connectivity index (χ0n) is 18.0. The number of morpholine rings is 1. The largest absolute Gasteiger partial charge is 0.379 e. The fourth-order valence-electron chi connectivity index (χ4n) is 4.31. The van der Waals surface area contributed by atoms with E-state index in [0.717, 1.165) is 25.9 Å². The summed E-state index contributed by atoms with van der Waals surface area (Å²) in [5.41, 5.74) is 0.294. The number of likely N-dealkylation sites (tertiary alicyclic amines) is 1. The van der Waals surface area contributed by atoms with E-state index in [4.69, 9.17) is 16.3 Å². The van der Waals surface area contributed by atoms with E-state index < -0.39 is 10.0 Å². The van der Waals surface area contributed by atoms with Gasteiger partial charge in [-0.1, -0.05) is 11.6 Å². The maximum absolute atomic E-state index is 13.1. The molecule has 0 bridgehead atoms. The number of rotatable bonds is 5. The van der Waals surface area contributed by atoms with Crippen molar-refractivity contribution in [3.8, 4) is 0 Å². The molecule has 176 valence electrons. The van der Waals surface area contributed by atoms with Crippen LogP contribution >= 0.6 is 11.6 Å². The van der Waals surface area contributed by atoms with E-state index in [1.165, 1.54) is 16.4 Å². The average Bonchev–Trinajstić information content (AvgIpc) is 3.35. The van der Waals surface area contributed by atoms with Crippen LogP contribution in [0.1, 0.15) is 23.2 Å². The average molecular weight is 485 g/mol. The summed E-state index contributed by atoms with van der Waals surface area (Å²) in [6.07, 6.45) is 2.14. The van der Waals surface area contributed by atoms with Crippen molar-refractivity contribution in [3.63, 3.8) is 0 Å². The third kappa shape index (κ3) is 5.09. The van der Waals surface area contributed by atoms with Gasteiger partial charge in [-0.3, -0.25) is 14.5 Å². The van der Waals surface area contributed by atoms with E-state index in [1.54, 1.807) is 11.0 Å². The van der Waals surface area contributed by atoms with E-state index in [0.29, 0.717) is 51.5 Å². The molecule has 4 rings (SSSR count). The highest BCUT2D eigenvalue weighted by Gasteiger charge is 2.31. The van der Waals surface area contributed by atoms with Crippen LogP contribution in [0.3, 0.4) is 0 Å². The quantitative estimate of drug-likeness (QED) is 0.612. The molecule has 11 heteroatoms. The first-order chi connectivity index (χ1) is 15.4. The highest BCUT2D eigenvalue weighted by atomic mass is 35.5. The summed E-state index contributed by atoms with van der Waals surface area (Å²) in [6, 6.07) is 4.40. The van der Waals surface area contributed by atoms with E-state index >= 15 is 0 Å². The van der Waals surface area contributed by atoms with Gasteiger partial charge in [0.15, 0.2) is 0 Å². The lowest BCUT2D eigenvalue weighted by Crippen LogP contribution is -2.51. The summed E-state index contributed by atoms with van der Waals surface area (Å²) in [5.74, 6) is -0.0800. The first kappa shape index (κ1) is 23.4. The highest BCUT2D eigenvalue weighted by molar-refractivity contribution is 7.89. The van der Waals surface area contributed by atoms with Gasteiger partial charge in [0, 0.05) is 57.9 Å². The lowest BCUT2D eigenvalue weighted by Gasteiger charge is -2.35. The molecule has 0 unspecified atom stereocenters. The standard InChI is InChI=1S/C21H29ClN4O5S/c22-18-4-3-17(15-19(18)32(29,30)26-11-13-31-14-12-26)21(28)25-9-7-23(8-10-25)16-20(27)24-5-1-2-6-24/h3-4,15H,1-2,5-14,16H2. The molecule has 3 heterocycles. The molecule has 1 aromatic carbocycles. The summed E-state index contributed by atoms with van der Waals surface area (Å²) in [6.45, 7) is 5.43. The van der Waals surface area contributed by atoms with Crippen LogP contribution in [0.25, 0.3) is 0 Å². The van der Waals surface area contributed by atoms with Crippen LogP contribution < -0.4 is 0 Å². The second-order valence-corrected chi connectivity index (χ2v) is 10.6. The lowest BCUT2D eigenvalue weighted by molar-refractivity contribution is -0.131. The molecule has 0 saturated carbocycles. The second kappa shape index (κ2) is 10.0. The molecule has 0 spiro atoms. The molecule has 3 saturated heterocycles. The monoisotopic (exact) mass is 484 g/mol. The molecular formula is C21H29ClN4O5S. The number of carbonyl (C=O) groups excluding carboxylic acids is 2. The van der Waals surface area contributed by atoms with Gasteiger partial charge in [0.1, 0.15) is 4.90 Å². The molecule has 3 aliphatic heterocycles. The van der Waals surface area contributed by atoms with E-state index in [2.05, 4.69) is 4.90 Å². The van der Waals surface area contributed by atoms with Crippen molar-refractivity contribution in [3.05, 3.63) is 28.8 Å². The van der Waals surface area contributed by atoms with Gasteiger partial charge in [-0.15, -0.1) is 0 Å². The molecule has 0 aliphatic carbocycles. The number of piperazine rings is 1. The predicted octanol–water partition coefficient (Wildman–Crippen LogP) is 0.741. The predicted molar refractivity (Wildman–Crippen MR) is 119 cm³/mol. The molecule has 0 atom stereocenters. The number of benzene rings is 1. The van der Waals surface area contributed by atoms with Gasteiger partial charge < -0.3 is 14.5 Å². The minimum Gasteiger partial charge on any atom is -0.379 e. The molecule has 9 nitrogen and oxygen atoms in total. The number of ether oxygens (including phenoxy) is 1. The Labute approximate surface area is 193 Å². The minimum atomic E-state index is -3.81. The number of halogens is 1. The molecular weight excluding hydrogens is 456 g/mol. The van der Waals surface area contributed by atoms with Gasteiger partial charge >= 0.3 is 0 Å². The normalized spacial score (nSPS) is 21.2. The zero-order chi connectivity index (χ0) is 22.7. The molecule has 0 radical (unpaired) electrons. The van der Waals surface area contributed by atoms with Gasteiger partial charge in [0.25, 0.3) is 5.91 Å². The Hall–Kier alpha value is -1.72. The van der Waals surface area contributed by atoms with Crippen molar-refractivity contribution in [2.24, 2.45) is 0 Å². The first-order valence-corrected chi connectivity index (χ1v) is 12.8. The summed E-state index contributed by atoms with van der Waals surface area (Å²) in [7, 11) is -3.81. The summed E-state index contributed by atoms with van der Waals surface area (Å²) in [5, 5.41) is 0.0956. The van der Waals surface area contributed by atoms with Crippen LogP contribution in [-0.4, -0.2) is 111 Å². The van der Waals surface area contributed by atoms with Crippen molar-refractivity contribution in [2.75, 3.05) is 72.1 Å². The third-order valence-electron chi connectivity index (χ3n) is 6.24. The molecule has 3 aliphatic rings. The highest BCUT2D eigenvalue weighted by Crippen LogP contribution is 2.27. The number of sulfonamides is 1. The number of nitrogens with zero attached hydrogens (tertiary/aromatic N) is 4. The van der Waals surface area contributed by atoms with Gasteiger partial charge in [0.2, 0.25) is 15.9 Å². The van der Waals surface area contributed by atoms with Gasteiger partial charge in [0.05, 0.1) is 24.8 Å². The van der Waals surface area contributed by atoms with Crippen LogP contribution in [0.5, 0.6) is 0 Å². The third-order valence-corrected chi connectivity index (χ3v) is 8.62. The molecule has 0 N–H and O–H groups in total. The number of hydrogen-bond acceptors (Lipinski definition) is 6. The minimum absolute atomic E-state index is 0.0539. The van der Waals surface area contributed by atoms with E-state index in [9.17, 15) is 18.0 Å². The first-order valence-electron chi connectivity index (χ1n) is 11.0. The lowest BCUT2D eigenvalue weighted by atomic mass is 10.2. The van der Waals surface area contributed by atoms with Crippen molar-refractivity contribution >= 4 is 33.4 Å². The second-order valence-electron chi connectivity index (χ2n) is 8.32. The van der Waals surface area contributed by atoms with E-state index in [1.807, 2.05) is 4.90 Å². The van der Waals surface area contributed by atoms with Gasteiger partial charge in [-0.05, 0) is 31.0 Å². The van der Waals surface area contributed by atoms with Crippen LogP contribution in [-0.2, 0) is 19.6 Å².